The Morgan fingerprint density at radius 3 is 2.53 bits per heavy atom. The summed E-state index contributed by atoms with van der Waals surface area (Å²) >= 11 is 4.92. The molecule has 0 aromatic carbocycles. The second kappa shape index (κ2) is 7.40. The number of rotatable bonds is 7. The highest BCUT2D eigenvalue weighted by Crippen LogP contribution is 2.12. The van der Waals surface area contributed by atoms with Gasteiger partial charge in [-0.25, -0.2) is 4.98 Å². The number of pyridine rings is 1. The summed E-state index contributed by atoms with van der Waals surface area (Å²) in [5, 5.41) is 3.47. The number of hydrogen-bond acceptors (Lipinski definition) is 4. The molecule has 0 aliphatic rings. The lowest BCUT2D eigenvalue weighted by Gasteiger charge is -2.24. The summed E-state index contributed by atoms with van der Waals surface area (Å²) in [6.45, 7) is 5.44. The van der Waals surface area contributed by atoms with Crippen LogP contribution in [0, 0.1) is 5.92 Å². The fourth-order valence-corrected chi connectivity index (χ4v) is 2.14. The van der Waals surface area contributed by atoms with Crippen LogP contribution in [-0.4, -0.2) is 41.6 Å². The van der Waals surface area contributed by atoms with Crippen LogP contribution < -0.4 is 11.1 Å². The van der Waals surface area contributed by atoms with Gasteiger partial charge in [-0.3, -0.25) is 0 Å². The molecule has 4 nitrogen and oxygen atoms in total. The Kier molecular flexibility index (Phi) is 6.18. The van der Waals surface area contributed by atoms with Crippen LogP contribution in [0.15, 0.2) is 18.3 Å². The van der Waals surface area contributed by atoms with Crippen molar-refractivity contribution in [1.82, 2.24) is 9.88 Å². The molecule has 1 unspecified atom stereocenters. The van der Waals surface area contributed by atoms with Gasteiger partial charge >= 0.3 is 0 Å². The van der Waals surface area contributed by atoms with Crippen molar-refractivity contribution in [2.24, 2.45) is 11.7 Å². The van der Waals surface area contributed by atoms with Crippen LogP contribution in [0.4, 0.5) is 5.82 Å². The molecule has 1 aromatic rings. The minimum absolute atomic E-state index is 0.381. The predicted octanol–water partition coefficient (Wildman–Crippen LogP) is 2.10. The third kappa shape index (κ3) is 5.98. The largest absolute Gasteiger partial charge is 0.389 e. The third-order valence-electron chi connectivity index (χ3n) is 2.74. The van der Waals surface area contributed by atoms with E-state index in [-0.39, 0.29) is 0 Å². The van der Waals surface area contributed by atoms with Crippen LogP contribution in [0.3, 0.4) is 0 Å². The third-order valence-corrected chi connectivity index (χ3v) is 2.98. The van der Waals surface area contributed by atoms with Crippen molar-refractivity contribution in [2.75, 3.05) is 26.0 Å². The van der Waals surface area contributed by atoms with Crippen LogP contribution in [0.1, 0.15) is 25.8 Å². The summed E-state index contributed by atoms with van der Waals surface area (Å²) in [5.74, 6) is 1.51. The van der Waals surface area contributed by atoms with Crippen LogP contribution in [0.2, 0.25) is 0 Å². The zero-order valence-corrected chi connectivity index (χ0v) is 13.0. The average Bonchev–Trinajstić information content (AvgIpc) is 2.27. The Labute approximate surface area is 121 Å². The Morgan fingerprint density at radius 2 is 2.11 bits per heavy atom. The van der Waals surface area contributed by atoms with Crippen LogP contribution in [-0.2, 0) is 0 Å². The number of nitrogens with one attached hydrogen (secondary N) is 1. The monoisotopic (exact) mass is 280 g/mol. The highest BCUT2D eigenvalue weighted by molar-refractivity contribution is 7.80. The SMILES string of the molecule is CC(C)CC(CN(C)C)Nc1ccc(C(N)=S)cn1. The van der Waals surface area contributed by atoms with Crippen molar-refractivity contribution in [3.63, 3.8) is 0 Å². The van der Waals surface area contributed by atoms with Gasteiger partial charge in [0.1, 0.15) is 10.8 Å². The minimum atomic E-state index is 0.381. The van der Waals surface area contributed by atoms with E-state index in [1.54, 1.807) is 6.20 Å². The number of likely N-dealkylation sites (N-methyl/N-ethyl adjacent to an activating group) is 1. The molecular formula is C14H24N4S. The number of hydrogen-bond donors (Lipinski definition) is 2. The first-order valence-electron chi connectivity index (χ1n) is 6.55. The van der Waals surface area contributed by atoms with E-state index in [1.165, 1.54) is 0 Å². The molecule has 0 amide bonds. The van der Waals surface area contributed by atoms with Gasteiger partial charge < -0.3 is 16.0 Å². The molecule has 1 atom stereocenters. The summed E-state index contributed by atoms with van der Waals surface area (Å²) < 4.78 is 0. The molecule has 0 fully saturated rings. The zero-order valence-electron chi connectivity index (χ0n) is 12.2. The van der Waals surface area contributed by atoms with Gasteiger partial charge in [-0.05, 0) is 38.6 Å². The molecule has 3 N–H and O–H groups in total. The molecule has 0 spiro atoms. The molecule has 5 heteroatoms. The zero-order chi connectivity index (χ0) is 14.4. The lowest BCUT2D eigenvalue weighted by Crippen LogP contribution is -2.33. The van der Waals surface area contributed by atoms with Gasteiger partial charge in [-0.1, -0.05) is 26.1 Å². The van der Waals surface area contributed by atoms with E-state index in [4.69, 9.17) is 18.0 Å². The first-order valence-corrected chi connectivity index (χ1v) is 6.96. The molecule has 0 aliphatic heterocycles. The van der Waals surface area contributed by atoms with E-state index in [2.05, 4.69) is 43.1 Å². The predicted molar refractivity (Wildman–Crippen MR) is 85.5 cm³/mol. The molecule has 1 rings (SSSR count). The molecule has 0 aliphatic carbocycles. The first kappa shape index (κ1) is 15.9. The molecule has 0 saturated heterocycles. The smallest absolute Gasteiger partial charge is 0.126 e. The summed E-state index contributed by atoms with van der Waals surface area (Å²) in [7, 11) is 4.16. The Bertz CT molecular complexity index is 390. The van der Waals surface area contributed by atoms with Gasteiger partial charge in [0.25, 0.3) is 0 Å². The second-order valence-corrected chi connectivity index (χ2v) is 5.97. The van der Waals surface area contributed by atoms with Crippen molar-refractivity contribution in [3.05, 3.63) is 23.9 Å². The lowest BCUT2D eigenvalue weighted by atomic mass is 10.0. The van der Waals surface area contributed by atoms with Gasteiger partial charge in [0.15, 0.2) is 0 Å². The Balaban J connectivity index is 2.69. The number of anilines is 1. The second-order valence-electron chi connectivity index (χ2n) is 5.53. The molecular weight excluding hydrogens is 256 g/mol. The number of aromatic nitrogens is 1. The minimum Gasteiger partial charge on any atom is -0.389 e. The van der Waals surface area contributed by atoms with Crippen LogP contribution in [0.5, 0.6) is 0 Å². The van der Waals surface area contributed by atoms with E-state index in [0.29, 0.717) is 16.9 Å². The topological polar surface area (TPSA) is 54.2 Å². The molecule has 1 aromatic heterocycles. The summed E-state index contributed by atoms with van der Waals surface area (Å²) in [6, 6.07) is 4.22. The van der Waals surface area contributed by atoms with Gasteiger partial charge in [0.2, 0.25) is 0 Å². The van der Waals surface area contributed by atoms with Gasteiger partial charge in [0.05, 0.1) is 0 Å². The quantitative estimate of drug-likeness (QED) is 0.749. The number of nitrogens with zero attached hydrogens (tertiary/aromatic N) is 2. The van der Waals surface area contributed by atoms with E-state index in [0.717, 1.165) is 24.3 Å². The van der Waals surface area contributed by atoms with E-state index < -0.39 is 0 Å². The lowest BCUT2D eigenvalue weighted by molar-refractivity contribution is 0.356. The van der Waals surface area contributed by atoms with Crippen molar-refractivity contribution >= 4 is 23.0 Å². The Morgan fingerprint density at radius 1 is 1.42 bits per heavy atom. The molecule has 0 bridgehead atoms. The van der Waals surface area contributed by atoms with Gasteiger partial charge in [-0.15, -0.1) is 0 Å². The molecule has 0 saturated carbocycles. The van der Waals surface area contributed by atoms with Crippen molar-refractivity contribution in [2.45, 2.75) is 26.3 Å². The normalized spacial score (nSPS) is 12.7. The fraction of sp³-hybridized carbons (Fsp3) is 0.571. The van der Waals surface area contributed by atoms with Crippen molar-refractivity contribution < 1.29 is 0 Å². The molecule has 1 heterocycles. The van der Waals surface area contributed by atoms with E-state index in [9.17, 15) is 0 Å². The highest BCUT2D eigenvalue weighted by Gasteiger charge is 2.12. The Hall–Kier alpha value is -1.20. The number of nitrogens with two attached hydrogens (primary N) is 1. The molecule has 0 radical (unpaired) electrons. The maximum atomic E-state index is 5.56. The van der Waals surface area contributed by atoms with Crippen molar-refractivity contribution in [1.29, 1.82) is 0 Å². The summed E-state index contributed by atoms with van der Waals surface area (Å²) in [5.41, 5.74) is 6.36. The van der Waals surface area contributed by atoms with Gasteiger partial charge in [-0.2, -0.15) is 0 Å². The van der Waals surface area contributed by atoms with Crippen LogP contribution in [0.25, 0.3) is 0 Å². The first-order chi connectivity index (χ1) is 8.88. The fourth-order valence-electron chi connectivity index (χ4n) is 2.02. The highest BCUT2D eigenvalue weighted by atomic mass is 32.1. The van der Waals surface area contributed by atoms with E-state index in [1.807, 2.05) is 12.1 Å². The maximum absolute atomic E-state index is 5.56. The standard InChI is InChI=1S/C14H24N4S/c1-10(2)7-12(9-18(3)4)17-13-6-5-11(8-16-13)14(15)19/h5-6,8,10,12H,7,9H2,1-4H3,(H2,15,19)(H,16,17). The van der Waals surface area contributed by atoms with Crippen LogP contribution >= 0.6 is 12.2 Å². The molecule has 19 heavy (non-hydrogen) atoms. The number of thiocarbonyl (C=S) groups is 1. The molecule has 106 valence electrons. The van der Waals surface area contributed by atoms with Gasteiger partial charge in [0, 0.05) is 24.3 Å². The average molecular weight is 280 g/mol. The summed E-state index contributed by atoms with van der Waals surface area (Å²) in [4.78, 5) is 6.92. The van der Waals surface area contributed by atoms with Crippen molar-refractivity contribution in [3.8, 4) is 0 Å². The van der Waals surface area contributed by atoms with E-state index >= 15 is 0 Å². The summed E-state index contributed by atoms with van der Waals surface area (Å²) in [6.07, 6.45) is 2.82. The maximum Gasteiger partial charge on any atom is 0.126 e.